The Hall–Kier alpha value is -2.09. The van der Waals surface area contributed by atoms with Crippen LogP contribution in [0.3, 0.4) is 0 Å². The number of aromatic amines is 2. The number of sulfonamides is 1. The summed E-state index contributed by atoms with van der Waals surface area (Å²) in [6.45, 7) is 1.91. The summed E-state index contributed by atoms with van der Waals surface area (Å²) in [6.07, 6.45) is 3.21. The quantitative estimate of drug-likeness (QED) is 0.748. The van der Waals surface area contributed by atoms with Gasteiger partial charge in [-0.25, -0.2) is 8.42 Å². The summed E-state index contributed by atoms with van der Waals surface area (Å²) in [5.41, 5.74) is 0.224. The standard InChI is InChI=1S/C10H12N4O3S/c1-2-7-5-10(13-12-7)14-18(16,17)9-6-11-4-3-8(9)15/h3-6H,2H2,1H3,(H,11,15)(H2,12,13,14). The van der Waals surface area contributed by atoms with Crippen LogP contribution in [0.1, 0.15) is 12.6 Å². The average molecular weight is 268 g/mol. The summed E-state index contributed by atoms with van der Waals surface area (Å²) < 4.78 is 26.1. The lowest BCUT2D eigenvalue weighted by atomic mass is 10.3. The minimum atomic E-state index is -3.92. The number of hydrogen-bond donors (Lipinski definition) is 3. The lowest BCUT2D eigenvalue weighted by Crippen LogP contribution is -2.21. The minimum Gasteiger partial charge on any atom is -0.366 e. The van der Waals surface area contributed by atoms with Crippen LogP contribution in [0.25, 0.3) is 0 Å². The van der Waals surface area contributed by atoms with Gasteiger partial charge in [-0.05, 0) is 6.42 Å². The van der Waals surface area contributed by atoms with Gasteiger partial charge < -0.3 is 4.98 Å². The highest BCUT2D eigenvalue weighted by Gasteiger charge is 2.18. The molecular weight excluding hydrogens is 256 g/mol. The van der Waals surface area contributed by atoms with E-state index in [4.69, 9.17) is 0 Å². The zero-order valence-electron chi connectivity index (χ0n) is 9.60. The van der Waals surface area contributed by atoms with Gasteiger partial charge in [-0.2, -0.15) is 5.10 Å². The van der Waals surface area contributed by atoms with Crippen molar-refractivity contribution in [2.45, 2.75) is 18.2 Å². The summed E-state index contributed by atoms with van der Waals surface area (Å²) in [7, 11) is -3.92. The van der Waals surface area contributed by atoms with Crippen LogP contribution in [0.4, 0.5) is 5.82 Å². The summed E-state index contributed by atoms with van der Waals surface area (Å²) in [6, 6.07) is 2.73. The van der Waals surface area contributed by atoms with Crippen LogP contribution in [-0.4, -0.2) is 23.6 Å². The molecule has 0 aliphatic carbocycles. The van der Waals surface area contributed by atoms with Crippen LogP contribution >= 0.6 is 0 Å². The molecule has 0 aromatic carbocycles. The van der Waals surface area contributed by atoms with Crippen LogP contribution in [0.15, 0.2) is 34.2 Å². The van der Waals surface area contributed by atoms with Gasteiger partial charge in [0.15, 0.2) is 10.7 Å². The third-order valence-corrected chi connectivity index (χ3v) is 3.70. The van der Waals surface area contributed by atoms with E-state index in [2.05, 4.69) is 19.9 Å². The molecule has 0 spiro atoms. The molecule has 2 heterocycles. The van der Waals surface area contributed by atoms with Gasteiger partial charge in [0.1, 0.15) is 0 Å². The molecule has 8 heteroatoms. The molecule has 96 valence electrons. The van der Waals surface area contributed by atoms with E-state index in [1.165, 1.54) is 6.20 Å². The highest BCUT2D eigenvalue weighted by Crippen LogP contribution is 2.11. The Bertz CT molecular complexity index is 702. The summed E-state index contributed by atoms with van der Waals surface area (Å²) in [4.78, 5) is 13.7. The summed E-state index contributed by atoms with van der Waals surface area (Å²) in [5, 5.41) is 6.48. The first-order valence-corrected chi connectivity index (χ1v) is 6.75. The fourth-order valence-electron chi connectivity index (χ4n) is 1.40. The van der Waals surface area contributed by atoms with Crippen molar-refractivity contribution in [2.75, 3.05) is 4.72 Å². The number of rotatable bonds is 4. The first kappa shape index (κ1) is 12.4. The second-order valence-electron chi connectivity index (χ2n) is 3.61. The third kappa shape index (κ3) is 2.43. The SMILES string of the molecule is CCc1cc(NS(=O)(=O)c2c[nH]ccc2=O)n[nH]1. The molecule has 2 aromatic heterocycles. The number of nitrogens with one attached hydrogen (secondary N) is 3. The van der Waals surface area contributed by atoms with Crippen molar-refractivity contribution in [3.05, 3.63) is 40.4 Å². The number of aromatic nitrogens is 3. The molecule has 0 aliphatic rings. The highest BCUT2D eigenvalue weighted by atomic mass is 32.2. The van der Waals surface area contributed by atoms with Crippen molar-refractivity contribution in [1.82, 2.24) is 15.2 Å². The number of nitrogens with zero attached hydrogens (tertiary/aromatic N) is 1. The molecule has 7 nitrogen and oxygen atoms in total. The predicted octanol–water partition coefficient (Wildman–Crippen LogP) is 0.461. The van der Waals surface area contributed by atoms with Gasteiger partial charge in [0, 0.05) is 30.2 Å². The van der Waals surface area contributed by atoms with E-state index in [9.17, 15) is 13.2 Å². The molecule has 2 rings (SSSR count). The lowest BCUT2D eigenvalue weighted by Gasteiger charge is -2.03. The van der Waals surface area contributed by atoms with Gasteiger partial charge >= 0.3 is 0 Å². The summed E-state index contributed by atoms with van der Waals surface area (Å²) >= 11 is 0. The van der Waals surface area contributed by atoms with E-state index in [1.54, 1.807) is 6.07 Å². The van der Waals surface area contributed by atoms with Crippen LogP contribution < -0.4 is 10.2 Å². The van der Waals surface area contributed by atoms with Gasteiger partial charge in [0.2, 0.25) is 5.43 Å². The molecule has 0 atom stereocenters. The first-order chi connectivity index (χ1) is 8.53. The van der Waals surface area contributed by atoms with Crippen molar-refractivity contribution in [2.24, 2.45) is 0 Å². The molecule has 2 aromatic rings. The predicted molar refractivity (Wildman–Crippen MR) is 65.8 cm³/mol. The highest BCUT2D eigenvalue weighted by molar-refractivity contribution is 7.92. The normalized spacial score (nSPS) is 11.4. The molecule has 3 N–H and O–H groups in total. The third-order valence-electron chi connectivity index (χ3n) is 2.33. The average Bonchev–Trinajstić information content (AvgIpc) is 2.76. The Balaban J connectivity index is 2.33. The molecule has 0 saturated carbocycles. The van der Waals surface area contributed by atoms with E-state index in [0.29, 0.717) is 6.42 Å². The lowest BCUT2D eigenvalue weighted by molar-refractivity contribution is 0.600. The fraction of sp³-hybridized carbons (Fsp3) is 0.200. The number of hydrogen-bond acceptors (Lipinski definition) is 4. The number of aryl methyl sites for hydroxylation is 1. The van der Waals surface area contributed by atoms with Crippen LogP contribution in [0.2, 0.25) is 0 Å². The van der Waals surface area contributed by atoms with Gasteiger partial charge in [-0.1, -0.05) is 6.92 Å². The smallest absolute Gasteiger partial charge is 0.268 e. The maximum absolute atomic E-state index is 11.9. The van der Waals surface area contributed by atoms with Crippen molar-refractivity contribution in [1.29, 1.82) is 0 Å². The monoisotopic (exact) mass is 268 g/mol. The van der Waals surface area contributed by atoms with Crippen LogP contribution in [0.5, 0.6) is 0 Å². The largest absolute Gasteiger partial charge is 0.366 e. The van der Waals surface area contributed by atoms with Gasteiger partial charge in [-0.3, -0.25) is 14.6 Å². The molecule has 0 aliphatic heterocycles. The minimum absolute atomic E-state index is 0.162. The molecule has 0 saturated heterocycles. The Kier molecular flexibility index (Phi) is 3.19. The molecule has 0 fully saturated rings. The van der Waals surface area contributed by atoms with E-state index >= 15 is 0 Å². The topological polar surface area (TPSA) is 108 Å². The van der Waals surface area contributed by atoms with E-state index in [-0.39, 0.29) is 10.7 Å². The van der Waals surface area contributed by atoms with E-state index in [0.717, 1.165) is 18.0 Å². The first-order valence-electron chi connectivity index (χ1n) is 5.27. The maximum atomic E-state index is 11.9. The molecule has 18 heavy (non-hydrogen) atoms. The fourth-order valence-corrected chi connectivity index (χ4v) is 2.44. The van der Waals surface area contributed by atoms with Crippen LogP contribution in [-0.2, 0) is 16.4 Å². The van der Waals surface area contributed by atoms with Crippen molar-refractivity contribution in [3.8, 4) is 0 Å². The van der Waals surface area contributed by atoms with Gasteiger partial charge in [-0.15, -0.1) is 0 Å². The van der Waals surface area contributed by atoms with E-state index in [1.807, 2.05) is 6.92 Å². The second-order valence-corrected chi connectivity index (χ2v) is 5.26. The zero-order valence-corrected chi connectivity index (χ0v) is 10.4. The van der Waals surface area contributed by atoms with Crippen molar-refractivity contribution < 1.29 is 8.42 Å². The Morgan fingerprint density at radius 2 is 2.22 bits per heavy atom. The molecule has 0 radical (unpaired) electrons. The summed E-state index contributed by atoms with van der Waals surface area (Å²) in [5.74, 6) is 0.162. The number of anilines is 1. The number of H-pyrrole nitrogens is 2. The Labute approximate surface area is 103 Å². The van der Waals surface area contributed by atoms with Crippen molar-refractivity contribution >= 4 is 15.8 Å². The van der Waals surface area contributed by atoms with Gasteiger partial charge in [0.05, 0.1) is 0 Å². The molecular formula is C10H12N4O3S. The second kappa shape index (κ2) is 4.65. The Morgan fingerprint density at radius 1 is 1.44 bits per heavy atom. The zero-order chi connectivity index (χ0) is 13.2. The molecule has 0 amide bonds. The van der Waals surface area contributed by atoms with Crippen molar-refractivity contribution in [3.63, 3.8) is 0 Å². The van der Waals surface area contributed by atoms with Crippen LogP contribution in [0, 0.1) is 0 Å². The molecule has 0 bridgehead atoms. The molecule has 0 unspecified atom stereocenters. The Morgan fingerprint density at radius 3 is 2.83 bits per heavy atom. The maximum Gasteiger partial charge on any atom is 0.268 e. The number of pyridine rings is 1. The van der Waals surface area contributed by atoms with E-state index < -0.39 is 15.5 Å². The van der Waals surface area contributed by atoms with Gasteiger partial charge in [0.25, 0.3) is 10.0 Å².